The van der Waals surface area contributed by atoms with Crippen molar-refractivity contribution in [2.24, 2.45) is 0 Å². The lowest BCUT2D eigenvalue weighted by Crippen LogP contribution is -2.37. The van der Waals surface area contributed by atoms with Crippen LogP contribution in [0.1, 0.15) is 36.8 Å². The monoisotopic (exact) mass is 354 g/mol. The molecule has 2 rings (SSSR count). The molecule has 0 aliphatic rings. The van der Waals surface area contributed by atoms with Gasteiger partial charge in [-0.25, -0.2) is 4.79 Å². The summed E-state index contributed by atoms with van der Waals surface area (Å²) in [6.07, 6.45) is 1.37. The second kappa shape index (κ2) is 10.9. The Kier molecular flexibility index (Phi) is 8.19. The molecule has 5 nitrogen and oxygen atoms in total. The van der Waals surface area contributed by atoms with E-state index in [1.165, 1.54) is 0 Å². The molecule has 0 unspecified atom stereocenters. The Labute approximate surface area is 154 Å². The fraction of sp³-hybridized carbons (Fsp3) is 0.333. The Morgan fingerprint density at radius 3 is 1.96 bits per heavy atom. The summed E-state index contributed by atoms with van der Waals surface area (Å²) in [5, 5.41) is 5.53. The molecule has 138 valence electrons. The van der Waals surface area contributed by atoms with Gasteiger partial charge < -0.3 is 15.4 Å². The molecule has 0 heterocycles. The van der Waals surface area contributed by atoms with Gasteiger partial charge in [0.2, 0.25) is 5.91 Å². The summed E-state index contributed by atoms with van der Waals surface area (Å²) in [6, 6.07) is 19.3. The number of hydrogen-bond donors (Lipinski definition) is 2. The number of amides is 2. The van der Waals surface area contributed by atoms with E-state index in [1.54, 1.807) is 0 Å². The number of hydrogen-bond acceptors (Lipinski definition) is 3. The van der Waals surface area contributed by atoms with Crippen molar-refractivity contribution in [1.82, 2.24) is 10.6 Å². The average molecular weight is 354 g/mol. The van der Waals surface area contributed by atoms with Gasteiger partial charge in [-0.1, -0.05) is 74.0 Å². The average Bonchev–Trinajstić information content (AvgIpc) is 2.67. The van der Waals surface area contributed by atoms with Crippen LogP contribution in [0.3, 0.4) is 0 Å². The van der Waals surface area contributed by atoms with Crippen molar-refractivity contribution in [3.63, 3.8) is 0 Å². The Morgan fingerprint density at radius 2 is 1.42 bits per heavy atom. The summed E-state index contributed by atoms with van der Waals surface area (Å²) in [4.78, 5) is 24.2. The van der Waals surface area contributed by atoms with Gasteiger partial charge in [-0.05, 0) is 17.5 Å². The maximum Gasteiger partial charge on any atom is 0.407 e. The summed E-state index contributed by atoms with van der Waals surface area (Å²) < 4.78 is 5.01. The lowest BCUT2D eigenvalue weighted by atomic mass is 9.90. The van der Waals surface area contributed by atoms with Crippen LogP contribution >= 0.6 is 0 Å². The SMILES string of the molecule is CCCCOC(=O)NCCNC(=O)C(c1ccccc1)c1ccccc1. The van der Waals surface area contributed by atoms with E-state index in [4.69, 9.17) is 4.74 Å². The predicted molar refractivity (Wildman–Crippen MR) is 102 cm³/mol. The van der Waals surface area contributed by atoms with Crippen molar-refractivity contribution < 1.29 is 14.3 Å². The van der Waals surface area contributed by atoms with Gasteiger partial charge in [0.15, 0.2) is 0 Å². The number of nitrogens with one attached hydrogen (secondary N) is 2. The molecule has 0 atom stereocenters. The molecule has 2 aromatic carbocycles. The molecular weight excluding hydrogens is 328 g/mol. The van der Waals surface area contributed by atoms with Crippen molar-refractivity contribution >= 4 is 12.0 Å². The van der Waals surface area contributed by atoms with Crippen LogP contribution in [0, 0.1) is 0 Å². The Morgan fingerprint density at radius 1 is 0.885 bits per heavy atom. The number of unbranched alkanes of at least 4 members (excludes halogenated alkanes) is 1. The first-order valence-electron chi connectivity index (χ1n) is 9.00. The molecule has 0 aliphatic heterocycles. The van der Waals surface area contributed by atoms with E-state index in [-0.39, 0.29) is 11.8 Å². The Hall–Kier alpha value is -2.82. The minimum absolute atomic E-state index is 0.0939. The van der Waals surface area contributed by atoms with Gasteiger partial charge in [0.25, 0.3) is 0 Å². The normalized spacial score (nSPS) is 10.4. The van der Waals surface area contributed by atoms with Crippen LogP contribution in [0.15, 0.2) is 60.7 Å². The van der Waals surface area contributed by atoms with Gasteiger partial charge in [0.1, 0.15) is 0 Å². The van der Waals surface area contributed by atoms with Crippen molar-refractivity contribution in [3.05, 3.63) is 71.8 Å². The standard InChI is InChI=1S/C21H26N2O3/c1-2-3-16-26-21(25)23-15-14-22-20(24)19(17-10-6-4-7-11-17)18-12-8-5-9-13-18/h4-13,19H,2-3,14-16H2,1H3,(H,22,24)(H,23,25). The molecule has 0 bridgehead atoms. The molecule has 5 heteroatoms. The van der Waals surface area contributed by atoms with E-state index in [2.05, 4.69) is 10.6 Å². The summed E-state index contributed by atoms with van der Waals surface area (Å²) in [7, 11) is 0. The maximum absolute atomic E-state index is 12.7. The van der Waals surface area contributed by atoms with E-state index >= 15 is 0 Å². The molecule has 2 amide bonds. The number of rotatable bonds is 9. The van der Waals surface area contributed by atoms with Crippen LogP contribution in [0.4, 0.5) is 4.79 Å². The predicted octanol–water partition coefficient (Wildman–Crippen LogP) is 3.46. The Bertz CT molecular complexity index is 635. The number of alkyl carbamates (subject to hydrolysis) is 1. The molecule has 0 fully saturated rings. The highest BCUT2D eigenvalue weighted by Gasteiger charge is 2.21. The highest BCUT2D eigenvalue weighted by Crippen LogP contribution is 2.24. The smallest absolute Gasteiger partial charge is 0.407 e. The zero-order chi connectivity index (χ0) is 18.6. The first-order chi connectivity index (χ1) is 12.7. The first kappa shape index (κ1) is 19.5. The molecule has 2 aromatic rings. The topological polar surface area (TPSA) is 67.4 Å². The fourth-order valence-electron chi connectivity index (χ4n) is 2.60. The number of carbonyl (C=O) groups excluding carboxylic acids is 2. The summed E-state index contributed by atoms with van der Waals surface area (Å²) >= 11 is 0. The largest absolute Gasteiger partial charge is 0.450 e. The third-order valence-corrected chi connectivity index (χ3v) is 3.95. The van der Waals surface area contributed by atoms with E-state index in [9.17, 15) is 9.59 Å². The number of carbonyl (C=O) groups is 2. The second-order valence-corrected chi connectivity index (χ2v) is 5.96. The lowest BCUT2D eigenvalue weighted by Gasteiger charge is -2.18. The highest BCUT2D eigenvalue weighted by atomic mass is 16.5. The first-order valence-corrected chi connectivity index (χ1v) is 9.00. The van der Waals surface area contributed by atoms with Gasteiger partial charge in [-0.2, -0.15) is 0 Å². The molecule has 0 saturated carbocycles. The van der Waals surface area contributed by atoms with Crippen LogP contribution in [0.2, 0.25) is 0 Å². The minimum Gasteiger partial charge on any atom is -0.450 e. The summed E-state index contributed by atoms with van der Waals surface area (Å²) in [5.41, 5.74) is 1.87. The summed E-state index contributed by atoms with van der Waals surface area (Å²) in [5.74, 6) is -0.475. The van der Waals surface area contributed by atoms with Gasteiger partial charge in [0, 0.05) is 13.1 Å². The molecule has 26 heavy (non-hydrogen) atoms. The second-order valence-electron chi connectivity index (χ2n) is 5.96. The quantitative estimate of drug-likeness (QED) is 0.678. The van der Waals surface area contributed by atoms with Crippen molar-refractivity contribution in [1.29, 1.82) is 0 Å². The van der Waals surface area contributed by atoms with Crippen LogP contribution in [-0.2, 0) is 9.53 Å². The van der Waals surface area contributed by atoms with Crippen LogP contribution in [0.5, 0.6) is 0 Å². The third-order valence-electron chi connectivity index (χ3n) is 3.95. The lowest BCUT2D eigenvalue weighted by molar-refractivity contribution is -0.121. The molecule has 2 N–H and O–H groups in total. The number of benzene rings is 2. The number of ether oxygens (including phenoxy) is 1. The third kappa shape index (κ3) is 6.24. The zero-order valence-electron chi connectivity index (χ0n) is 15.1. The van der Waals surface area contributed by atoms with Crippen LogP contribution < -0.4 is 10.6 Å². The zero-order valence-corrected chi connectivity index (χ0v) is 15.1. The molecule has 0 spiro atoms. The molecule has 0 radical (unpaired) electrons. The van der Waals surface area contributed by atoms with Gasteiger partial charge in [0.05, 0.1) is 12.5 Å². The molecule has 0 aliphatic carbocycles. The summed E-state index contributed by atoms with van der Waals surface area (Å²) in [6.45, 7) is 3.12. The Balaban J connectivity index is 1.89. The minimum atomic E-state index is -0.449. The molecular formula is C21H26N2O3. The van der Waals surface area contributed by atoms with Crippen LogP contribution in [0.25, 0.3) is 0 Å². The van der Waals surface area contributed by atoms with Crippen LogP contribution in [-0.4, -0.2) is 31.7 Å². The van der Waals surface area contributed by atoms with Crippen molar-refractivity contribution in [3.8, 4) is 0 Å². The van der Waals surface area contributed by atoms with E-state index in [1.807, 2.05) is 67.6 Å². The van der Waals surface area contributed by atoms with E-state index < -0.39 is 6.09 Å². The van der Waals surface area contributed by atoms with Crippen molar-refractivity contribution in [2.45, 2.75) is 25.7 Å². The highest BCUT2D eigenvalue weighted by molar-refractivity contribution is 5.87. The fourth-order valence-corrected chi connectivity index (χ4v) is 2.60. The van der Waals surface area contributed by atoms with Gasteiger partial charge in [-0.3, -0.25) is 4.79 Å². The van der Waals surface area contributed by atoms with Gasteiger partial charge >= 0.3 is 6.09 Å². The molecule has 0 aromatic heterocycles. The van der Waals surface area contributed by atoms with E-state index in [0.29, 0.717) is 19.7 Å². The maximum atomic E-state index is 12.7. The van der Waals surface area contributed by atoms with E-state index in [0.717, 1.165) is 24.0 Å². The molecule has 0 saturated heterocycles. The van der Waals surface area contributed by atoms with Crippen molar-refractivity contribution in [2.75, 3.05) is 19.7 Å². The van der Waals surface area contributed by atoms with Gasteiger partial charge in [-0.15, -0.1) is 0 Å².